The zero-order chi connectivity index (χ0) is 18.4. The van der Waals surface area contributed by atoms with E-state index in [9.17, 15) is 4.79 Å². The molecule has 2 N–H and O–H groups in total. The Labute approximate surface area is 155 Å². The average molecular weight is 353 g/mol. The van der Waals surface area contributed by atoms with Crippen LogP contribution in [0.4, 0.5) is 22.0 Å². The maximum Gasteiger partial charge on any atom is 0.319 e. The van der Waals surface area contributed by atoms with Crippen molar-refractivity contribution in [3.63, 3.8) is 0 Å². The standard InChI is InChI=1S/C20H27N5O/c1-16(24(2)18-8-4-3-5-9-18)14-22-20(26)23-17-10-11-19(21-15-17)25-12-6-7-13-25/h3-5,8-11,15-16H,6-7,12-14H2,1-2H3,(H2,22,23,26). The minimum absolute atomic E-state index is 0.179. The number of likely N-dealkylation sites (N-methyl/N-ethyl adjacent to an activating group) is 1. The highest BCUT2D eigenvalue weighted by Crippen LogP contribution is 2.19. The van der Waals surface area contributed by atoms with Crippen molar-refractivity contribution >= 4 is 23.2 Å². The van der Waals surface area contributed by atoms with Gasteiger partial charge >= 0.3 is 6.03 Å². The predicted octanol–water partition coefficient (Wildman–Crippen LogP) is 3.33. The Morgan fingerprint density at radius 3 is 2.58 bits per heavy atom. The summed E-state index contributed by atoms with van der Waals surface area (Å²) in [6.07, 6.45) is 4.16. The van der Waals surface area contributed by atoms with Gasteiger partial charge in [-0.25, -0.2) is 9.78 Å². The van der Waals surface area contributed by atoms with Gasteiger partial charge in [-0.2, -0.15) is 0 Å². The van der Waals surface area contributed by atoms with E-state index in [0.29, 0.717) is 12.2 Å². The minimum Gasteiger partial charge on any atom is -0.370 e. The molecule has 0 saturated carbocycles. The second-order valence-corrected chi connectivity index (χ2v) is 6.73. The number of para-hydroxylation sites is 1. The van der Waals surface area contributed by atoms with E-state index in [1.807, 2.05) is 37.4 Å². The molecule has 1 aromatic heterocycles. The summed E-state index contributed by atoms with van der Waals surface area (Å²) in [5.41, 5.74) is 1.83. The molecule has 2 heterocycles. The molecule has 1 fully saturated rings. The van der Waals surface area contributed by atoms with E-state index in [0.717, 1.165) is 24.6 Å². The first-order valence-electron chi connectivity index (χ1n) is 9.17. The fourth-order valence-corrected chi connectivity index (χ4v) is 3.06. The Kier molecular flexibility index (Phi) is 5.94. The molecule has 6 nitrogen and oxygen atoms in total. The normalized spacial score (nSPS) is 14.8. The van der Waals surface area contributed by atoms with Crippen molar-refractivity contribution in [2.75, 3.05) is 41.8 Å². The van der Waals surface area contributed by atoms with Crippen LogP contribution in [0.25, 0.3) is 0 Å². The molecule has 6 heteroatoms. The van der Waals surface area contributed by atoms with Crippen LogP contribution in [0.3, 0.4) is 0 Å². The van der Waals surface area contributed by atoms with Gasteiger partial charge in [-0.05, 0) is 44.0 Å². The predicted molar refractivity (Wildman–Crippen MR) is 107 cm³/mol. The highest BCUT2D eigenvalue weighted by Gasteiger charge is 2.14. The number of nitrogens with zero attached hydrogens (tertiary/aromatic N) is 3. The Hall–Kier alpha value is -2.76. The Morgan fingerprint density at radius 2 is 1.92 bits per heavy atom. The molecule has 138 valence electrons. The van der Waals surface area contributed by atoms with E-state index in [2.05, 4.69) is 44.5 Å². The van der Waals surface area contributed by atoms with Crippen LogP contribution in [0.2, 0.25) is 0 Å². The number of carbonyl (C=O) groups is 1. The molecule has 2 amide bonds. The molecule has 1 aliphatic heterocycles. The molecule has 26 heavy (non-hydrogen) atoms. The van der Waals surface area contributed by atoms with Crippen LogP contribution in [-0.2, 0) is 0 Å². The fraction of sp³-hybridized carbons (Fsp3) is 0.400. The van der Waals surface area contributed by atoms with Crippen molar-refractivity contribution in [2.24, 2.45) is 0 Å². The number of benzene rings is 1. The van der Waals surface area contributed by atoms with Crippen LogP contribution in [0, 0.1) is 0 Å². The first kappa shape index (κ1) is 18.0. The van der Waals surface area contributed by atoms with Gasteiger partial charge in [0.15, 0.2) is 0 Å². The number of rotatable bonds is 6. The summed E-state index contributed by atoms with van der Waals surface area (Å²) in [6, 6.07) is 14.0. The Bertz CT molecular complexity index is 698. The van der Waals surface area contributed by atoms with Crippen LogP contribution in [-0.4, -0.2) is 43.7 Å². The van der Waals surface area contributed by atoms with Gasteiger partial charge in [-0.15, -0.1) is 0 Å². The number of urea groups is 1. The average Bonchev–Trinajstić information content (AvgIpc) is 3.21. The highest BCUT2D eigenvalue weighted by atomic mass is 16.2. The van der Waals surface area contributed by atoms with Crippen molar-refractivity contribution in [3.05, 3.63) is 48.7 Å². The van der Waals surface area contributed by atoms with E-state index in [1.54, 1.807) is 6.20 Å². The summed E-state index contributed by atoms with van der Waals surface area (Å²) in [4.78, 5) is 21.0. The molecule has 3 rings (SSSR count). The molecular formula is C20H27N5O. The third-order valence-electron chi connectivity index (χ3n) is 4.82. The van der Waals surface area contributed by atoms with Crippen molar-refractivity contribution in [2.45, 2.75) is 25.8 Å². The molecule has 0 aliphatic carbocycles. The van der Waals surface area contributed by atoms with Crippen LogP contribution >= 0.6 is 0 Å². The summed E-state index contributed by atoms with van der Waals surface area (Å²) in [5.74, 6) is 0.978. The number of pyridine rings is 1. The molecule has 1 aromatic carbocycles. The van der Waals surface area contributed by atoms with Crippen LogP contribution < -0.4 is 20.4 Å². The molecule has 1 saturated heterocycles. The lowest BCUT2D eigenvalue weighted by Crippen LogP contribution is -2.41. The van der Waals surface area contributed by atoms with Gasteiger partial charge in [0, 0.05) is 38.4 Å². The van der Waals surface area contributed by atoms with E-state index >= 15 is 0 Å². The van der Waals surface area contributed by atoms with Gasteiger partial charge in [-0.3, -0.25) is 0 Å². The van der Waals surface area contributed by atoms with E-state index in [-0.39, 0.29) is 12.1 Å². The maximum atomic E-state index is 12.1. The van der Waals surface area contributed by atoms with Crippen LogP contribution in [0.5, 0.6) is 0 Å². The summed E-state index contributed by atoms with van der Waals surface area (Å²) in [7, 11) is 2.03. The number of aromatic nitrogens is 1. The number of hydrogen-bond acceptors (Lipinski definition) is 4. The number of hydrogen-bond donors (Lipinski definition) is 2. The second kappa shape index (κ2) is 8.56. The minimum atomic E-state index is -0.214. The van der Waals surface area contributed by atoms with E-state index in [1.165, 1.54) is 12.8 Å². The first-order valence-corrected chi connectivity index (χ1v) is 9.17. The number of carbonyl (C=O) groups excluding carboxylic acids is 1. The lowest BCUT2D eigenvalue weighted by atomic mass is 10.2. The molecule has 1 atom stereocenters. The quantitative estimate of drug-likeness (QED) is 0.836. The number of anilines is 3. The van der Waals surface area contributed by atoms with Crippen LogP contribution in [0.1, 0.15) is 19.8 Å². The molecule has 2 aromatic rings. The van der Waals surface area contributed by atoms with E-state index in [4.69, 9.17) is 0 Å². The SMILES string of the molecule is CC(CNC(=O)Nc1ccc(N2CCCC2)nc1)N(C)c1ccccc1. The van der Waals surface area contributed by atoms with Gasteiger partial charge in [0.05, 0.1) is 11.9 Å². The molecule has 0 radical (unpaired) electrons. The zero-order valence-electron chi connectivity index (χ0n) is 15.5. The fourth-order valence-electron chi connectivity index (χ4n) is 3.06. The smallest absolute Gasteiger partial charge is 0.319 e. The Balaban J connectivity index is 1.46. The van der Waals surface area contributed by atoms with E-state index < -0.39 is 0 Å². The zero-order valence-corrected chi connectivity index (χ0v) is 15.5. The molecular weight excluding hydrogens is 326 g/mol. The summed E-state index contributed by atoms with van der Waals surface area (Å²) in [6.45, 7) is 4.76. The van der Waals surface area contributed by atoms with Crippen molar-refractivity contribution in [1.82, 2.24) is 10.3 Å². The molecule has 1 aliphatic rings. The largest absolute Gasteiger partial charge is 0.370 e. The lowest BCUT2D eigenvalue weighted by molar-refractivity contribution is 0.251. The first-order chi connectivity index (χ1) is 12.6. The maximum absolute atomic E-state index is 12.1. The van der Waals surface area contributed by atoms with Crippen molar-refractivity contribution < 1.29 is 4.79 Å². The molecule has 0 bridgehead atoms. The summed E-state index contributed by atoms with van der Waals surface area (Å²) < 4.78 is 0. The van der Waals surface area contributed by atoms with Gasteiger partial charge < -0.3 is 20.4 Å². The molecule has 0 spiro atoms. The van der Waals surface area contributed by atoms with Crippen molar-refractivity contribution in [1.29, 1.82) is 0 Å². The van der Waals surface area contributed by atoms with Gasteiger partial charge in [0.2, 0.25) is 0 Å². The topological polar surface area (TPSA) is 60.5 Å². The summed E-state index contributed by atoms with van der Waals surface area (Å²) >= 11 is 0. The number of amides is 2. The van der Waals surface area contributed by atoms with Crippen LogP contribution in [0.15, 0.2) is 48.7 Å². The van der Waals surface area contributed by atoms with Gasteiger partial charge in [0.1, 0.15) is 5.82 Å². The third-order valence-corrected chi connectivity index (χ3v) is 4.82. The summed E-state index contributed by atoms with van der Waals surface area (Å²) in [5, 5.41) is 5.77. The van der Waals surface area contributed by atoms with Crippen molar-refractivity contribution in [3.8, 4) is 0 Å². The highest BCUT2D eigenvalue weighted by molar-refractivity contribution is 5.89. The number of nitrogens with one attached hydrogen (secondary N) is 2. The molecule has 1 unspecified atom stereocenters. The second-order valence-electron chi connectivity index (χ2n) is 6.73. The van der Waals surface area contributed by atoms with Gasteiger partial charge in [0.25, 0.3) is 0 Å². The Morgan fingerprint density at radius 1 is 1.19 bits per heavy atom. The van der Waals surface area contributed by atoms with Gasteiger partial charge in [-0.1, -0.05) is 18.2 Å². The third kappa shape index (κ3) is 4.65. The lowest BCUT2D eigenvalue weighted by Gasteiger charge is -2.27. The monoisotopic (exact) mass is 353 g/mol.